The molecule has 2 aromatic rings. The van der Waals surface area contributed by atoms with Crippen LogP contribution in [0.4, 0.5) is 0 Å². The smallest absolute Gasteiger partial charge is 0.226 e. The SMILES string of the molecule is CCN(CC=Cc1ccco1)Cc1noc(CC(C)C)n1. The number of aromatic nitrogens is 2. The molecule has 0 saturated carbocycles. The lowest BCUT2D eigenvalue weighted by Crippen LogP contribution is -2.23. The lowest BCUT2D eigenvalue weighted by atomic mass is 10.1. The summed E-state index contributed by atoms with van der Waals surface area (Å²) in [7, 11) is 0. The second kappa shape index (κ2) is 7.78. The van der Waals surface area contributed by atoms with Crippen LogP contribution in [-0.2, 0) is 13.0 Å². The molecule has 0 unspecified atom stereocenters. The molecule has 0 N–H and O–H groups in total. The van der Waals surface area contributed by atoms with Crippen LogP contribution in [0.1, 0.15) is 38.2 Å². The topological polar surface area (TPSA) is 55.3 Å². The minimum atomic E-state index is 0.525. The molecule has 5 heteroatoms. The third kappa shape index (κ3) is 5.19. The van der Waals surface area contributed by atoms with Crippen molar-refractivity contribution >= 4 is 6.08 Å². The van der Waals surface area contributed by atoms with Crippen LogP contribution in [0.2, 0.25) is 0 Å². The van der Waals surface area contributed by atoms with Crippen molar-refractivity contribution in [3.05, 3.63) is 41.9 Å². The lowest BCUT2D eigenvalue weighted by Gasteiger charge is -2.15. The van der Waals surface area contributed by atoms with Gasteiger partial charge in [-0.15, -0.1) is 0 Å². The fourth-order valence-corrected chi connectivity index (χ4v) is 2.00. The van der Waals surface area contributed by atoms with Crippen LogP contribution in [0.25, 0.3) is 6.08 Å². The van der Waals surface area contributed by atoms with Crippen molar-refractivity contribution < 1.29 is 8.94 Å². The Hall–Kier alpha value is -1.88. The van der Waals surface area contributed by atoms with Crippen molar-refractivity contribution in [2.75, 3.05) is 13.1 Å². The molecule has 0 aromatic carbocycles. The number of nitrogens with zero attached hydrogens (tertiary/aromatic N) is 3. The molecule has 114 valence electrons. The molecule has 0 fully saturated rings. The summed E-state index contributed by atoms with van der Waals surface area (Å²) in [5, 5.41) is 4.04. The zero-order chi connectivity index (χ0) is 15.1. The highest BCUT2D eigenvalue weighted by Gasteiger charge is 2.10. The molecule has 5 nitrogen and oxygen atoms in total. The predicted molar refractivity (Wildman–Crippen MR) is 81.5 cm³/mol. The van der Waals surface area contributed by atoms with Crippen molar-refractivity contribution in [2.24, 2.45) is 5.92 Å². The standard InChI is InChI=1S/C16H23N3O2/c1-4-19(9-5-7-14-8-6-10-20-14)12-15-17-16(21-18-15)11-13(2)3/h5-8,10,13H,4,9,11-12H2,1-3H3. The Morgan fingerprint density at radius 1 is 1.38 bits per heavy atom. The van der Waals surface area contributed by atoms with Gasteiger partial charge < -0.3 is 8.94 Å². The molecule has 0 atom stereocenters. The number of likely N-dealkylation sites (N-methyl/N-ethyl adjacent to an activating group) is 1. The summed E-state index contributed by atoms with van der Waals surface area (Å²) in [5.41, 5.74) is 0. The summed E-state index contributed by atoms with van der Waals surface area (Å²) in [4.78, 5) is 6.67. The Bertz CT molecular complexity index is 544. The van der Waals surface area contributed by atoms with Gasteiger partial charge in [0, 0.05) is 13.0 Å². The average Bonchev–Trinajstić information content (AvgIpc) is 3.09. The molecule has 0 spiro atoms. The average molecular weight is 289 g/mol. The molecule has 0 aliphatic heterocycles. The maximum atomic E-state index is 5.26. The normalized spacial score (nSPS) is 12.0. The van der Waals surface area contributed by atoms with Crippen LogP contribution >= 0.6 is 0 Å². The van der Waals surface area contributed by atoms with E-state index in [1.165, 1.54) is 0 Å². The first kappa shape index (κ1) is 15.5. The molecular formula is C16H23N3O2. The quantitative estimate of drug-likeness (QED) is 0.745. The van der Waals surface area contributed by atoms with Crippen LogP contribution in [-0.4, -0.2) is 28.1 Å². The van der Waals surface area contributed by atoms with E-state index in [2.05, 4.69) is 41.9 Å². The fourth-order valence-electron chi connectivity index (χ4n) is 2.00. The van der Waals surface area contributed by atoms with Crippen LogP contribution in [0.5, 0.6) is 0 Å². The van der Waals surface area contributed by atoms with Gasteiger partial charge in [0.25, 0.3) is 0 Å². The minimum Gasteiger partial charge on any atom is -0.465 e. The lowest BCUT2D eigenvalue weighted by molar-refractivity contribution is 0.293. The van der Waals surface area contributed by atoms with Crippen LogP contribution in [0, 0.1) is 5.92 Å². The Kier molecular flexibility index (Phi) is 5.75. The molecule has 0 radical (unpaired) electrons. The molecule has 2 rings (SSSR count). The molecule has 0 aliphatic rings. The second-order valence-electron chi connectivity index (χ2n) is 5.45. The van der Waals surface area contributed by atoms with E-state index in [1.807, 2.05) is 18.2 Å². The summed E-state index contributed by atoms with van der Waals surface area (Å²) in [5.74, 6) is 2.86. The fraction of sp³-hybridized carbons (Fsp3) is 0.500. The monoisotopic (exact) mass is 289 g/mol. The number of furan rings is 1. The third-order valence-corrected chi connectivity index (χ3v) is 3.09. The Balaban J connectivity index is 1.85. The van der Waals surface area contributed by atoms with Crippen molar-refractivity contribution in [1.82, 2.24) is 15.0 Å². The van der Waals surface area contributed by atoms with E-state index in [9.17, 15) is 0 Å². The largest absolute Gasteiger partial charge is 0.465 e. The first-order valence-electron chi connectivity index (χ1n) is 7.41. The highest BCUT2D eigenvalue weighted by atomic mass is 16.5. The van der Waals surface area contributed by atoms with Crippen LogP contribution < -0.4 is 0 Å². The van der Waals surface area contributed by atoms with E-state index in [0.717, 1.165) is 37.0 Å². The third-order valence-electron chi connectivity index (χ3n) is 3.09. The van der Waals surface area contributed by atoms with Gasteiger partial charge >= 0.3 is 0 Å². The van der Waals surface area contributed by atoms with Gasteiger partial charge in [0.15, 0.2) is 5.82 Å². The van der Waals surface area contributed by atoms with E-state index >= 15 is 0 Å². The van der Waals surface area contributed by atoms with Gasteiger partial charge in [-0.05, 0) is 30.7 Å². The van der Waals surface area contributed by atoms with Crippen molar-refractivity contribution in [3.8, 4) is 0 Å². The zero-order valence-electron chi connectivity index (χ0n) is 13.0. The van der Waals surface area contributed by atoms with E-state index in [0.29, 0.717) is 12.5 Å². The Morgan fingerprint density at radius 3 is 2.90 bits per heavy atom. The number of hydrogen-bond acceptors (Lipinski definition) is 5. The van der Waals surface area contributed by atoms with E-state index in [4.69, 9.17) is 8.94 Å². The van der Waals surface area contributed by atoms with Crippen molar-refractivity contribution in [1.29, 1.82) is 0 Å². The summed E-state index contributed by atoms with van der Waals surface area (Å²) < 4.78 is 10.5. The number of hydrogen-bond donors (Lipinski definition) is 0. The Morgan fingerprint density at radius 2 is 2.24 bits per heavy atom. The molecule has 2 heterocycles. The summed E-state index contributed by atoms with van der Waals surface area (Å²) in [6, 6.07) is 3.82. The van der Waals surface area contributed by atoms with Crippen LogP contribution in [0.3, 0.4) is 0 Å². The molecule has 2 aromatic heterocycles. The van der Waals surface area contributed by atoms with Crippen LogP contribution in [0.15, 0.2) is 33.4 Å². The molecule has 0 saturated heterocycles. The summed E-state index contributed by atoms with van der Waals surface area (Å²) >= 11 is 0. The van der Waals surface area contributed by atoms with Gasteiger partial charge in [-0.3, -0.25) is 4.90 Å². The first-order chi connectivity index (χ1) is 10.2. The van der Waals surface area contributed by atoms with E-state index < -0.39 is 0 Å². The van der Waals surface area contributed by atoms with Gasteiger partial charge in [-0.2, -0.15) is 4.98 Å². The molecular weight excluding hydrogens is 266 g/mol. The zero-order valence-corrected chi connectivity index (χ0v) is 13.0. The molecule has 0 amide bonds. The maximum Gasteiger partial charge on any atom is 0.226 e. The number of rotatable bonds is 8. The van der Waals surface area contributed by atoms with Crippen molar-refractivity contribution in [2.45, 2.75) is 33.7 Å². The van der Waals surface area contributed by atoms with Gasteiger partial charge in [-0.25, -0.2) is 0 Å². The molecule has 21 heavy (non-hydrogen) atoms. The van der Waals surface area contributed by atoms with Gasteiger partial charge in [0.2, 0.25) is 5.89 Å². The second-order valence-corrected chi connectivity index (χ2v) is 5.45. The minimum absolute atomic E-state index is 0.525. The highest BCUT2D eigenvalue weighted by molar-refractivity contribution is 5.42. The van der Waals surface area contributed by atoms with Crippen molar-refractivity contribution in [3.63, 3.8) is 0 Å². The van der Waals surface area contributed by atoms with Gasteiger partial charge in [0.05, 0.1) is 12.8 Å². The first-order valence-corrected chi connectivity index (χ1v) is 7.41. The molecule has 0 aliphatic carbocycles. The van der Waals surface area contributed by atoms with Gasteiger partial charge in [-0.1, -0.05) is 32.0 Å². The van der Waals surface area contributed by atoms with Gasteiger partial charge in [0.1, 0.15) is 5.76 Å². The maximum absolute atomic E-state index is 5.26. The van der Waals surface area contributed by atoms with E-state index in [1.54, 1.807) is 6.26 Å². The predicted octanol–water partition coefficient (Wildman–Crippen LogP) is 3.40. The van der Waals surface area contributed by atoms with E-state index in [-0.39, 0.29) is 0 Å². The Labute approximate surface area is 125 Å². The summed E-state index contributed by atoms with van der Waals surface area (Å²) in [6.07, 6.45) is 6.56. The molecule has 0 bridgehead atoms. The summed E-state index contributed by atoms with van der Waals surface area (Å²) in [6.45, 7) is 8.85. The highest BCUT2D eigenvalue weighted by Crippen LogP contribution is 2.08.